The first-order valence-corrected chi connectivity index (χ1v) is 8.17. The van der Waals surface area contributed by atoms with Crippen LogP contribution in [0.2, 0.25) is 0 Å². The Balaban J connectivity index is 2.41. The van der Waals surface area contributed by atoms with Gasteiger partial charge in [0.05, 0.1) is 4.90 Å². The maximum Gasteiger partial charge on any atom is 0.241 e. The molecule has 0 radical (unpaired) electrons. The number of halogens is 1. The summed E-state index contributed by atoms with van der Waals surface area (Å²) >= 11 is 3.37. The van der Waals surface area contributed by atoms with Crippen molar-refractivity contribution in [3.63, 3.8) is 0 Å². The highest BCUT2D eigenvalue weighted by molar-refractivity contribution is 9.10. The molecule has 1 saturated carbocycles. The van der Waals surface area contributed by atoms with Crippen LogP contribution in [0.25, 0.3) is 0 Å². The van der Waals surface area contributed by atoms with E-state index in [9.17, 15) is 8.42 Å². The predicted octanol–water partition coefficient (Wildman–Crippen LogP) is 1.92. The number of sulfonamides is 1. The van der Waals surface area contributed by atoms with Crippen LogP contribution >= 0.6 is 15.9 Å². The van der Waals surface area contributed by atoms with Gasteiger partial charge in [0.2, 0.25) is 10.0 Å². The zero-order valence-corrected chi connectivity index (χ0v) is 12.9. The summed E-state index contributed by atoms with van der Waals surface area (Å²) in [5.74, 6) is 0. The molecule has 18 heavy (non-hydrogen) atoms. The van der Waals surface area contributed by atoms with E-state index < -0.39 is 10.0 Å². The van der Waals surface area contributed by atoms with Crippen LogP contribution in [-0.4, -0.2) is 21.5 Å². The first-order chi connectivity index (χ1) is 8.44. The van der Waals surface area contributed by atoms with Gasteiger partial charge in [-0.05, 0) is 59.9 Å². The van der Waals surface area contributed by atoms with Crippen molar-refractivity contribution >= 4 is 26.0 Å². The van der Waals surface area contributed by atoms with Crippen molar-refractivity contribution in [3.05, 3.63) is 27.7 Å². The molecule has 0 heterocycles. The van der Waals surface area contributed by atoms with Gasteiger partial charge in [-0.1, -0.05) is 6.07 Å². The number of hydrogen-bond acceptors (Lipinski definition) is 3. The number of benzene rings is 1. The third-order valence-electron chi connectivity index (χ3n) is 2.85. The van der Waals surface area contributed by atoms with Crippen molar-refractivity contribution < 1.29 is 8.42 Å². The summed E-state index contributed by atoms with van der Waals surface area (Å²) in [5, 5.41) is 3.03. The molecule has 0 aliphatic heterocycles. The van der Waals surface area contributed by atoms with Gasteiger partial charge < -0.3 is 5.32 Å². The molecule has 4 nitrogen and oxygen atoms in total. The number of hydrogen-bond donors (Lipinski definition) is 2. The molecule has 0 aromatic heterocycles. The normalized spacial score (nSPS) is 15.9. The van der Waals surface area contributed by atoms with E-state index >= 15 is 0 Å². The second-order valence-electron chi connectivity index (χ2n) is 4.65. The zero-order chi connectivity index (χ0) is 13.3. The fraction of sp³-hybridized carbons (Fsp3) is 0.500. The molecule has 0 atom stereocenters. The van der Waals surface area contributed by atoms with E-state index in [0.717, 1.165) is 24.0 Å². The first kappa shape index (κ1) is 14.0. The second-order valence-corrected chi connectivity index (χ2v) is 7.13. The molecule has 1 fully saturated rings. The molecule has 1 aromatic rings. The molecule has 0 unspecified atom stereocenters. The number of aryl methyl sites for hydroxylation is 1. The number of rotatable bonds is 5. The molecule has 0 spiro atoms. The van der Waals surface area contributed by atoms with E-state index in [1.54, 1.807) is 6.07 Å². The Morgan fingerprint density at radius 2 is 2.06 bits per heavy atom. The smallest absolute Gasteiger partial charge is 0.241 e. The van der Waals surface area contributed by atoms with Crippen LogP contribution in [0.5, 0.6) is 0 Å². The van der Waals surface area contributed by atoms with Gasteiger partial charge in [0.15, 0.2) is 0 Å². The Bertz CT molecular complexity index is 553. The van der Waals surface area contributed by atoms with Crippen molar-refractivity contribution in [1.29, 1.82) is 0 Å². The van der Waals surface area contributed by atoms with Gasteiger partial charge in [-0.25, -0.2) is 13.1 Å². The molecule has 1 aliphatic rings. The standard InChI is InChI=1S/C12H17BrN2O2S/c1-8-5-9(7-14-2)6-11(12(8)13)18(16,17)15-10-3-4-10/h5-6,10,14-15H,3-4,7H2,1-2H3. The molecule has 6 heteroatoms. The van der Waals surface area contributed by atoms with E-state index in [-0.39, 0.29) is 6.04 Å². The second kappa shape index (κ2) is 5.28. The topological polar surface area (TPSA) is 58.2 Å². The lowest BCUT2D eigenvalue weighted by Gasteiger charge is -2.12. The lowest BCUT2D eigenvalue weighted by atomic mass is 10.1. The Kier molecular flexibility index (Phi) is 4.11. The molecule has 1 aliphatic carbocycles. The van der Waals surface area contributed by atoms with Gasteiger partial charge in [-0.3, -0.25) is 0 Å². The molecular formula is C12H17BrN2O2S. The maximum absolute atomic E-state index is 12.3. The summed E-state index contributed by atoms with van der Waals surface area (Å²) in [6.45, 7) is 2.56. The third-order valence-corrected chi connectivity index (χ3v) is 5.71. The molecule has 2 N–H and O–H groups in total. The lowest BCUT2D eigenvalue weighted by molar-refractivity contribution is 0.580. The van der Waals surface area contributed by atoms with Crippen LogP contribution in [0.1, 0.15) is 24.0 Å². The predicted molar refractivity (Wildman–Crippen MR) is 75.0 cm³/mol. The Hall–Kier alpha value is -0.430. The third kappa shape index (κ3) is 3.12. The van der Waals surface area contributed by atoms with E-state index in [1.165, 1.54) is 0 Å². The van der Waals surface area contributed by atoms with Gasteiger partial charge in [0, 0.05) is 17.1 Å². The highest BCUT2D eigenvalue weighted by atomic mass is 79.9. The van der Waals surface area contributed by atoms with Crippen molar-refractivity contribution in [2.45, 2.75) is 37.2 Å². The van der Waals surface area contributed by atoms with Gasteiger partial charge in [-0.2, -0.15) is 0 Å². The van der Waals surface area contributed by atoms with Gasteiger partial charge in [0.25, 0.3) is 0 Å². The van der Waals surface area contributed by atoms with Gasteiger partial charge in [-0.15, -0.1) is 0 Å². The van der Waals surface area contributed by atoms with Crippen molar-refractivity contribution in [1.82, 2.24) is 10.0 Å². The minimum absolute atomic E-state index is 0.121. The van der Waals surface area contributed by atoms with Crippen LogP contribution in [0.15, 0.2) is 21.5 Å². The fourth-order valence-electron chi connectivity index (χ4n) is 1.80. The highest BCUT2D eigenvalue weighted by Crippen LogP contribution is 2.29. The van der Waals surface area contributed by atoms with E-state index in [1.807, 2.05) is 20.0 Å². The van der Waals surface area contributed by atoms with Crippen molar-refractivity contribution in [2.24, 2.45) is 0 Å². The molecule has 2 rings (SSSR count). The average Bonchev–Trinajstić information content (AvgIpc) is 3.06. The fourth-order valence-corrected chi connectivity index (χ4v) is 4.17. The maximum atomic E-state index is 12.3. The first-order valence-electron chi connectivity index (χ1n) is 5.90. The summed E-state index contributed by atoms with van der Waals surface area (Å²) in [4.78, 5) is 0.333. The van der Waals surface area contributed by atoms with Gasteiger partial charge >= 0.3 is 0 Å². The minimum Gasteiger partial charge on any atom is -0.316 e. The summed E-state index contributed by atoms with van der Waals surface area (Å²) in [5.41, 5.74) is 1.90. The zero-order valence-electron chi connectivity index (χ0n) is 10.5. The Morgan fingerprint density at radius 3 is 2.61 bits per heavy atom. The Labute approximate surface area is 116 Å². The summed E-state index contributed by atoms with van der Waals surface area (Å²) in [6.07, 6.45) is 1.87. The SMILES string of the molecule is CNCc1cc(C)c(Br)c(S(=O)(=O)NC2CC2)c1. The largest absolute Gasteiger partial charge is 0.316 e. The minimum atomic E-state index is -3.42. The molecule has 100 valence electrons. The lowest BCUT2D eigenvalue weighted by Crippen LogP contribution is -2.26. The molecule has 1 aromatic carbocycles. The van der Waals surface area contributed by atoms with E-state index in [4.69, 9.17) is 0 Å². The monoisotopic (exact) mass is 332 g/mol. The molecular weight excluding hydrogens is 316 g/mol. The highest BCUT2D eigenvalue weighted by Gasteiger charge is 2.29. The number of nitrogens with one attached hydrogen (secondary N) is 2. The summed E-state index contributed by atoms with van der Waals surface area (Å²) in [7, 11) is -1.57. The van der Waals surface area contributed by atoms with Crippen LogP contribution in [0.3, 0.4) is 0 Å². The quantitative estimate of drug-likeness (QED) is 0.866. The average molecular weight is 333 g/mol. The van der Waals surface area contributed by atoms with Crippen molar-refractivity contribution in [2.75, 3.05) is 7.05 Å². The molecule has 0 saturated heterocycles. The van der Waals surface area contributed by atoms with Crippen LogP contribution in [0.4, 0.5) is 0 Å². The van der Waals surface area contributed by atoms with Crippen LogP contribution in [0, 0.1) is 6.92 Å². The van der Waals surface area contributed by atoms with E-state index in [0.29, 0.717) is 15.9 Å². The summed E-state index contributed by atoms with van der Waals surface area (Å²) < 4.78 is 27.9. The summed E-state index contributed by atoms with van der Waals surface area (Å²) in [6, 6.07) is 3.82. The van der Waals surface area contributed by atoms with Crippen LogP contribution in [-0.2, 0) is 16.6 Å². The van der Waals surface area contributed by atoms with Gasteiger partial charge in [0.1, 0.15) is 0 Å². The van der Waals surface area contributed by atoms with E-state index in [2.05, 4.69) is 26.0 Å². The van der Waals surface area contributed by atoms with Crippen molar-refractivity contribution in [3.8, 4) is 0 Å². The Morgan fingerprint density at radius 1 is 1.39 bits per heavy atom. The van der Waals surface area contributed by atoms with Crippen LogP contribution < -0.4 is 10.0 Å². The molecule has 0 bridgehead atoms. The molecule has 0 amide bonds.